The molecular weight excluding hydrogens is 220 g/mol. The van der Waals surface area contributed by atoms with Crippen molar-refractivity contribution in [1.82, 2.24) is 9.88 Å². The van der Waals surface area contributed by atoms with Gasteiger partial charge in [0.2, 0.25) is 0 Å². The molecule has 1 aromatic heterocycles. The van der Waals surface area contributed by atoms with Crippen LogP contribution in [0.1, 0.15) is 30.6 Å². The maximum atomic E-state index is 5.31. The van der Waals surface area contributed by atoms with Gasteiger partial charge in [0.05, 0.1) is 0 Å². The van der Waals surface area contributed by atoms with Gasteiger partial charge in [-0.05, 0) is 25.8 Å². The number of nitrogens with one attached hydrogen (secondary N) is 1. The molecule has 0 bridgehead atoms. The van der Waals surface area contributed by atoms with E-state index in [1.807, 2.05) is 6.20 Å². The lowest BCUT2D eigenvalue weighted by Crippen LogP contribution is -2.23. The molecule has 1 saturated carbocycles. The number of nitrogens with zero attached hydrogens (tertiary/aromatic N) is 2. The number of nitrogen functional groups attached to an aromatic ring is 1. The van der Waals surface area contributed by atoms with Gasteiger partial charge in [0, 0.05) is 24.2 Å². The topological polar surface area (TPSA) is 54.2 Å². The van der Waals surface area contributed by atoms with Crippen molar-refractivity contribution < 1.29 is 0 Å². The Morgan fingerprint density at radius 3 is 2.94 bits per heavy atom. The van der Waals surface area contributed by atoms with Gasteiger partial charge in [-0.25, -0.2) is 10.8 Å². The standard InChI is InChI=1S/C11H20N4S/c1-15(7-9-4-2-3-5-9)8-10-6-13-11(14-12)16-10/h6,9H,2-5,7-8,12H2,1H3,(H,13,14). The minimum Gasteiger partial charge on any atom is -0.301 e. The average Bonchev–Trinajstić information content (AvgIpc) is 2.89. The molecule has 16 heavy (non-hydrogen) atoms. The first-order chi connectivity index (χ1) is 7.78. The Kier molecular flexibility index (Phi) is 4.15. The van der Waals surface area contributed by atoms with E-state index in [2.05, 4.69) is 22.4 Å². The maximum absolute atomic E-state index is 5.31. The molecule has 4 nitrogen and oxygen atoms in total. The van der Waals surface area contributed by atoms with Crippen LogP contribution in [0, 0.1) is 5.92 Å². The summed E-state index contributed by atoms with van der Waals surface area (Å²) in [7, 11) is 2.19. The van der Waals surface area contributed by atoms with Gasteiger partial charge in [-0.1, -0.05) is 24.2 Å². The predicted molar refractivity (Wildman–Crippen MR) is 68.2 cm³/mol. The van der Waals surface area contributed by atoms with Crippen LogP contribution >= 0.6 is 11.3 Å². The van der Waals surface area contributed by atoms with Crippen molar-refractivity contribution in [1.29, 1.82) is 0 Å². The van der Waals surface area contributed by atoms with Crippen molar-refractivity contribution in [3.63, 3.8) is 0 Å². The first-order valence-corrected chi connectivity index (χ1v) is 6.69. The number of anilines is 1. The number of aromatic nitrogens is 1. The van der Waals surface area contributed by atoms with Crippen LogP contribution in [0.15, 0.2) is 6.20 Å². The van der Waals surface area contributed by atoms with E-state index in [9.17, 15) is 0 Å². The van der Waals surface area contributed by atoms with E-state index >= 15 is 0 Å². The summed E-state index contributed by atoms with van der Waals surface area (Å²) in [6.07, 6.45) is 7.55. The van der Waals surface area contributed by atoms with Gasteiger partial charge in [-0.2, -0.15) is 0 Å². The molecule has 5 heteroatoms. The number of hydrogen-bond acceptors (Lipinski definition) is 5. The second-order valence-corrected chi connectivity index (χ2v) is 5.74. The number of hydrazine groups is 1. The first kappa shape index (κ1) is 11.8. The summed E-state index contributed by atoms with van der Waals surface area (Å²) in [6.45, 7) is 2.19. The molecular formula is C11H20N4S. The lowest BCUT2D eigenvalue weighted by Gasteiger charge is -2.19. The largest absolute Gasteiger partial charge is 0.301 e. The molecule has 90 valence electrons. The van der Waals surface area contributed by atoms with Crippen molar-refractivity contribution in [2.75, 3.05) is 19.0 Å². The molecule has 0 amide bonds. The molecule has 0 saturated heterocycles. The number of nitrogens with two attached hydrogens (primary N) is 1. The Morgan fingerprint density at radius 1 is 1.56 bits per heavy atom. The van der Waals surface area contributed by atoms with Crippen LogP contribution in [0.5, 0.6) is 0 Å². The number of hydrogen-bond donors (Lipinski definition) is 2. The van der Waals surface area contributed by atoms with Gasteiger partial charge in [-0.3, -0.25) is 5.43 Å². The SMILES string of the molecule is CN(Cc1cnc(NN)s1)CC1CCCC1. The van der Waals surface area contributed by atoms with Gasteiger partial charge in [0.25, 0.3) is 0 Å². The monoisotopic (exact) mass is 240 g/mol. The van der Waals surface area contributed by atoms with Crippen LogP contribution in [0.25, 0.3) is 0 Å². The summed E-state index contributed by atoms with van der Waals surface area (Å²) in [5.41, 5.74) is 2.58. The van der Waals surface area contributed by atoms with Crippen LogP contribution in [0.2, 0.25) is 0 Å². The zero-order valence-corrected chi connectivity index (χ0v) is 10.6. The van der Waals surface area contributed by atoms with E-state index in [0.717, 1.165) is 17.6 Å². The third kappa shape index (κ3) is 3.17. The molecule has 1 heterocycles. The highest BCUT2D eigenvalue weighted by Crippen LogP contribution is 2.26. The Morgan fingerprint density at radius 2 is 2.31 bits per heavy atom. The van der Waals surface area contributed by atoms with Crippen molar-refractivity contribution >= 4 is 16.5 Å². The molecule has 2 rings (SSSR count). The summed E-state index contributed by atoms with van der Waals surface area (Å²) in [4.78, 5) is 7.84. The zero-order chi connectivity index (χ0) is 11.4. The molecule has 0 radical (unpaired) electrons. The summed E-state index contributed by atoms with van der Waals surface area (Å²) < 4.78 is 0. The van der Waals surface area contributed by atoms with Gasteiger partial charge in [0.15, 0.2) is 5.13 Å². The molecule has 0 aliphatic heterocycles. The third-order valence-electron chi connectivity index (χ3n) is 3.15. The normalized spacial score (nSPS) is 17.2. The van der Waals surface area contributed by atoms with Gasteiger partial charge >= 0.3 is 0 Å². The zero-order valence-electron chi connectivity index (χ0n) is 9.78. The van der Waals surface area contributed by atoms with Crippen molar-refractivity contribution in [3.8, 4) is 0 Å². The lowest BCUT2D eigenvalue weighted by atomic mass is 10.1. The minimum absolute atomic E-state index is 0.796. The van der Waals surface area contributed by atoms with Gasteiger partial charge in [0.1, 0.15) is 0 Å². The summed E-state index contributed by atoms with van der Waals surface area (Å²) >= 11 is 1.63. The van der Waals surface area contributed by atoms with Crippen molar-refractivity contribution in [2.24, 2.45) is 11.8 Å². The van der Waals surface area contributed by atoms with Gasteiger partial charge < -0.3 is 4.90 Å². The van der Waals surface area contributed by atoms with Gasteiger partial charge in [-0.15, -0.1) is 0 Å². The maximum Gasteiger partial charge on any atom is 0.197 e. The third-order valence-corrected chi connectivity index (χ3v) is 4.06. The highest BCUT2D eigenvalue weighted by Gasteiger charge is 2.17. The smallest absolute Gasteiger partial charge is 0.197 e. The van der Waals surface area contributed by atoms with Crippen LogP contribution in [0.3, 0.4) is 0 Å². The number of rotatable bonds is 5. The molecule has 0 unspecified atom stereocenters. The molecule has 1 aliphatic rings. The molecule has 1 fully saturated rings. The first-order valence-electron chi connectivity index (χ1n) is 5.88. The van der Waals surface area contributed by atoms with Crippen molar-refractivity contribution in [2.45, 2.75) is 32.2 Å². The van der Waals surface area contributed by atoms with Crippen LogP contribution in [-0.4, -0.2) is 23.5 Å². The van der Waals surface area contributed by atoms with Crippen LogP contribution in [0.4, 0.5) is 5.13 Å². The predicted octanol–water partition coefficient (Wildman–Crippen LogP) is 2.05. The fraction of sp³-hybridized carbons (Fsp3) is 0.727. The summed E-state index contributed by atoms with van der Waals surface area (Å²) in [5.74, 6) is 6.22. The van der Waals surface area contributed by atoms with Crippen LogP contribution in [-0.2, 0) is 6.54 Å². The van der Waals surface area contributed by atoms with E-state index in [0.29, 0.717) is 0 Å². The molecule has 3 N–H and O–H groups in total. The van der Waals surface area contributed by atoms with Crippen LogP contribution < -0.4 is 11.3 Å². The fourth-order valence-electron chi connectivity index (χ4n) is 2.41. The number of thiazole rings is 1. The second kappa shape index (κ2) is 5.61. The Labute approximate surface area is 101 Å². The highest BCUT2D eigenvalue weighted by molar-refractivity contribution is 7.15. The summed E-state index contributed by atoms with van der Waals surface area (Å²) in [6, 6.07) is 0. The molecule has 0 aromatic carbocycles. The van der Waals surface area contributed by atoms with E-state index in [4.69, 9.17) is 5.84 Å². The minimum atomic E-state index is 0.796. The molecule has 0 spiro atoms. The molecule has 1 aromatic rings. The quantitative estimate of drug-likeness (QED) is 0.611. The van der Waals surface area contributed by atoms with E-state index in [-0.39, 0.29) is 0 Å². The second-order valence-electron chi connectivity index (χ2n) is 4.62. The van der Waals surface area contributed by atoms with E-state index in [1.165, 1.54) is 37.1 Å². The Balaban J connectivity index is 1.79. The Hall–Kier alpha value is -0.650. The average molecular weight is 240 g/mol. The van der Waals surface area contributed by atoms with E-state index < -0.39 is 0 Å². The van der Waals surface area contributed by atoms with Crippen molar-refractivity contribution in [3.05, 3.63) is 11.1 Å². The lowest BCUT2D eigenvalue weighted by molar-refractivity contribution is 0.273. The highest BCUT2D eigenvalue weighted by atomic mass is 32.1. The summed E-state index contributed by atoms with van der Waals surface area (Å²) in [5, 5.41) is 0.796. The molecule has 1 aliphatic carbocycles. The Bertz CT molecular complexity index is 320. The molecule has 0 atom stereocenters. The fourth-order valence-corrected chi connectivity index (χ4v) is 3.21. The van der Waals surface area contributed by atoms with E-state index in [1.54, 1.807) is 11.3 Å².